The second kappa shape index (κ2) is 9.49. The molecule has 92 valence electrons. The van der Waals surface area contributed by atoms with Crippen LogP contribution in [0.3, 0.4) is 0 Å². The van der Waals surface area contributed by atoms with Crippen molar-refractivity contribution in [3.8, 4) is 0 Å². The van der Waals surface area contributed by atoms with Crippen LogP contribution in [0.1, 0.15) is 39.5 Å². The molecule has 2 N–H and O–H groups in total. The van der Waals surface area contributed by atoms with E-state index < -0.39 is 0 Å². The van der Waals surface area contributed by atoms with E-state index in [-0.39, 0.29) is 0 Å². The van der Waals surface area contributed by atoms with Crippen LogP contribution >= 0.6 is 11.8 Å². The smallest absolute Gasteiger partial charge is 0.0218 e. The maximum absolute atomic E-state index is 5.85. The fourth-order valence-corrected chi connectivity index (χ4v) is 2.57. The molecule has 0 amide bonds. The van der Waals surface area contributed by atoms with E-state index in [9.17, 15) is 0 Å². The molecule has 0 heterocycles. The Labute approximate surface area is 100.0 Å². The van der Waals surface area contributed by atoms with Gasteiger partial charge < -0.3 is 5.73 Å². The minimum atomic E-state index is 0.571. The first-order valence-electron chi connectivity index (χ1n) is 6.12. The lowest BCUT2D eigenvalue weighted by molar-refractivity contribution is 0.159. The van der Waals surface area contributed by atoms with Crippen LogP contribution < -0.4 is 5.73 Å². The number of nitrogens with two attached hydrogens (primary N) is 1. The summed E-state index contributed by atoms with van der Waals surface area (Å²) < 4.78 is 0. The van der Waals surface area contributed by atoms with Gasteiger partial charge in [0, 0.05) is 18.6 Å². The quantitative estimate of drug-likeness (QED) is 0.620. The van der Waals surface area contributed by atoms with Gasteiger partial charge in [0.1, 0.15) is 0 Å². The molecule has 1 atom stereocenters. The average molecular weight is 232 g/mol. The lowest BCUT2D eigenvalue weighted by atomic mass is 10.1. The van der Waals surface area contributed by atoms with Gasteiger partial charge in [0.05, 0.1) is 0 Å². The Hall–Kier alpha value is 0.270. The summed E-state index contributed by atoms with van der Waals surface area (Å²) in [6, 6.07) is 1.27. The molecule has 0 radical (unpaired) electrons. The normalized spacial score (nSPS) is 13.8. The number of likely N-dealkylation sites (N-methyl/N-ethyl adjacent to an activating group) is 1. The molecule has 0 bridgehead atoms. The Kier molecular flexibility index (Phi) is 9.66. The summed E-state index contributed by atoms with van der Waals surface area (Å²) in [5.41, 5.74) is 5.85. The largest absolute Gasteiger partial charge is 0.329 e. The first-order chi connectivity index (χ1) is 7.21. The molecule has 1 unspecified atom stereocenters. The van der Waals surface area contributed by atoms with E-state index in [1.807, 2.05) is 11.8 Å². The summed E-state index contributed by atoms with van der Waals surface area (Å²) in [4.78, 5) is 2.49. The molecular weight excluding hydrogens is 204 g/mol. The summed E-state index contributed by atoms with van der Waals surface area (Å²) in [6.07, 6.45) is 7.15. The van der Waals surface area contributed by atoms with Crippen LogP contribution in [-0.2, 0) is 0 Å². The number of rotatable bonds is 9. The average Bonchev–Trinajstić information content (AvgIpc) is 2.26. The van der Waals surface area contributed by atoms with Crippen LogP contribution in [0.25, 0.3) is 0 Å². The molecule has 0 aromatic heterocycles. The predicted octanol–water partition coefficient (Wildman–Crippen LogP) is 2.58. The topological polar surface area (TPSA) is 29.3 Å². The third kappa shape index (κ3) is 5.79. The third-order valence-electron chi connectivity index (χ3n) is 3.25. The molecule has 2 nitrogen and oxygen atoms in total. The Morgan fingerprint density at radius 3 is 2.20 bits per heavy atom. The monoisotopic (exact) mass is 232 g/mol. The van der Waals surface area contributed by atoms with E-state index in [4.69, 9.17) is 5.73 Å². The van der Waals surface area contributed by atoms with Crippen molar-refractivity contribution in [3.63, 3.8) is 0 Å². The number of hydrogen-bond acceptors (Lipinski definition) is 3. The minimum Gasteiger partial charge on any atom is -0.329 e. The Morgan fingerprint density at radius 1 is 1.20 bits per heavy atom. The minimum absolute atomic E-state index is 0.571. The highest BCUT2D eigenvalue weighted by Crippen LogP contribution is 2.14. The summed E-state index contributed by atoms with van der Waals surface area (Å²) in [5.74, 6) is 1.26. The van der Waals surface area contributed by atoms with Crippen molar-refractivity contribution in [2.45, 2.75) is 51.6 Å². The highest BCUT2D eigenvalue weighted by molar-refractivity contribution is 7.98. The van der Waals surface area contributed by atoms with Crippen molar-refractivity contribution in [2.75, 3.05) is 25.6 Å². The molecule has 0 rings (SSSR count). The fraction of sp³-hybridized carbons (Fsp3) is 1.00. The zero-order valence-electron chi connectivity index (χ0n) is 10.8. The van der Waals surface area contributed by atoms with Crippen LogP contribution in [0.5, 0.6) is 0 Å². The molecule has 0 aliphatic carbocycles. The lowest BCUT2D eigenvalue weighted by Crippen LogP contribution is -2.43. The van der Waals surface area contributed by atoms with Gasteiger partial charge in [0.25, 0.3) is 0 Å². The van der Waals surface area contributed by atoms with Gasteiger partial charge in [0.2, 0.25) is 0 Å². The molecule has 0 aromatic carbocycles. The molecule has 0 spiro atoms. The maximum Gasteiger partial charge on any atom is 0.0218 e. The Bertz CT molecular complexity index is 138. The lowest BCUT2D eigenvalue weighted by Gasteiger charge is -2.33. The van der Waals surface area contributed by atoms with Gasteiger partial charge in [-0.3, -0.25) is 4.90 Å². The molecule has 0 aliphatic rings. The second-order valence-corrected chi connectivity index (χ2v) is 5.15. The number of hydrogen-bond donors (Lipinski definition) is 1. The van der Waals surface area contributed by atoms with Crippen molar-refractivity contribution in [1.29, 1.82) is 0 Å². The van der Waals surface area contributed by atoms with E-state index in [2.05, 4.69) is 32.1 Å². The van der Waals surface area contributed by atoms with Gasteiger partial charge in [-0.15, -0.1) is 0 Å². The van der Waals surface area contributed by atoms with Crippen LogP contribution in [0.4, 0.5) is 0 Å². The van der Waals surface area contributed by atoms with Crippen LogP contribution in [0.15, 0.2) is 0 Å². The SMILES string of the molecule is CCC(CC)N(C)C(CN)CCCSC. The standard InChI is InChI=1S/C12H28N2S/c1-5-11(6-2)14(3)12(10-13)8-7-9-15-4/h11-12H,5-10,13H2,1-4H3. The fourth-order valence-electron chi connectivity index (χ4n) is 2.11. The van der Waals surface area contributed by atoms with Crippen molar-refractivity contribution >= 4 is 11.8 Å². The Balaban J connectivity index is 4.01. The molecular formula is C12H28N2S. The van der Waals surface area contributed by atoms with E-state index in [1.165, 1.54) is 31.4 Å². The van der Waals surface area contributed by atoms with Gasteiger partial charge in [-0.05, 0) is 44.7 Å². The van der Waals surface area contributed by atoms with E-state index in [0.29, 0.717) is 12.1 Å². The molecule has 0 saturated heterocycles. The zero-order valence-corrected chi connectivity index (χ0v) is 11.6. The van der Waals surface area contributed by atoms with Gasteiger partial charge >= 0.3 is 0 Å². The molecule has 3 heteroatoms. The van der Waals surface area contributed by atoms with Crippen LogP contribution in [-0.4, -0.2) is 42.6 Å². The predicted molar refractivity (Wildman–Crippen MR) is 72.6 cm³/mol. The molecule has 15 heavy (non-hydrogen) atoms. The zero-order chi connectivity index (χ0) is 11.7. The van der Waals surface area contributed by atoms with Crippen molar-refractivity contribution in [2.24, 2.45) is 5.73 Å². The molecule has 0 fully saturated rings. The van der Waals surface area contributed by atoms with Crippen LogP contribution in [0, 0.1) is 0 Å². The summed E-state index contributed by atoms with van der Waals surface area (Å²) in [7, 11) is 2.23. The first-order valence-corrected chi connectivity index (χ1v) is 7.51. The van der Waals surface area contributed by atoms with Gasteiger partial charge in [-0.2, -0.15) is 11.8 Å². The number of thioether (sulfide) groups is 1. The maximum atomic E-state index is 5.85. The number of nitrogens with zero attached hydrogens (tertiary/aromatic N) is 1. The van der Waals surface area contributed by atoms with Crippen molar-refractivity contribution in [1.82, 2.24) is 4.90 Å². The molecule has 0 aromatic rings. The van der Waals surface area contributed by atoms with Gasteiger partial charge in [-0.25, -0.2) is 0 Å². The van der Waals surface area contributed by atoms with E-state index in [1.54, 1.807) is 0 Å². The second-order valence-electron chi connectivity index (χ2n) is 4.16. The molecule has 0 aliphatic heterocycles. The van der Waals surface area contributed by atoms with E-state index >= 15 is 0 Å². The highest BCUT2D eigenvalue weighted by atomic mass is 32.2. The first kappa shape index (κ1) is 15.3. The third-order valence-corrected chi connectivity index (χ3v) is 3.95. The van der Waals surface area contributed by atoms with Crippen molar-refractivity contribution < 1.29 is 0 Å². The highest BCUT2D eigenvalue weighted by Gasteiger charge is 2.18. The molecule has 0 saturated carbocycles. The van der Waals surface area contributed by atoms with Gasteiger partial charge in [0.15, 0.2) is 0 Å². The van der Waals surface area contributed by atoms with E-state index in [0.717, 1.165) is 6.54 Å². The van der Waals surface area contributed by atoms with Crippen molar-refractivity contribution in [3.05, 3.63) is 0 Å². The van der Waals surface area contributed by atoms with Crippen LogP contribution in [0.2, 0.25) is 0 Å². The van der Waals surface area contributed by atoms with Gasteiger partial charge in [-0.1, -0.05) is 13.8 Å². The summed E-state index contributed by atoms with van der Waals surface area (Å²) in [6.45, 7) is 5.32. The summed E-state index contributed by atoms with van der Waals surface area (Å²) in [5, 5.41) is 0. The Morgan fingerprint density at radius 2 is 1.80 bits per heavy atom. The summed E-state index contributed by atoms with van der Waals surface area (Å²) >= 11 is 1.93.